The van der Waals surface area contributed by atoms with Crippen molar-refractivity contribution >= 4 is 27.9 Å². The topological polar surface area (TPSA) is 88.0 Å². The normalized spacial score (nSPS) is 10.9. The summed E-state index contributed by atoms with van der Waals surface area (Å²) in [4.78, 5) is 11.6. The maximum Gasteiger partial charge on any atom is 0.247 e. The number of carbonyl (C=O) groups is 1. The number of carbonyl (C=O) groups excluding carboxylic acids is 1. The lowest BCUT2D eigenvalue weighted by molar-refractivity contribution is -0.111. The second-order valence-corrected chi connectivity index (χ2v) is 7.48. The van der Waals surface area contributed by atoms with Crippen molar-refractivity contribution in [3.63, 3.8) is 0 Å². The van der Waals surface area contributed by atoms with Gasteiger partial charge in [0, 0.05) is 41.8 Å². The van der Waals surface area contributed by atoms with Gasteiger partial charge in [0.05, 0.1) is 23.5 Å². The van der Waals surface area contributed by atoms with Gasteiger partial charge in [0.1, 0.15) is 6.07 Å². The van der Waals surface area contributed by atoms with E-state index in [0.29, 0.717) is 11.3 Å². The second kappa shape index (κ2) is 7.52. The number of aryl methyl sites for hydroxylation is 1. The number of rotatable bonds is 4. The third-order valence-corrected chi connectivity index (χ3v) is 5.37. The Morgan fingerprint density at radius 1 is 1.03 bits per heavy atom. The predicted octanol–water partition coefficient (Wildman–Crippen LogP) is 4.55. The standard InChI is InChI=1S/C25H18N6O/c1-3-24(32)29-22-7-6-16-8-18(5-4-17(16)9-22)23-10-19(21-13-27-30(2)14-21)15-31-25(23)20(11-26)12-28-31/h3-10,12-15H,1H2,2H3,(H,29,32). The van der Waals surface area contributed by atoms with Crippen LogP contribution in [-0.2, 0) is 11.8 Å². The lowest BCUT2D eigenvalue weighted by atomic mass is 9.97. The van der Waals surface area contributed by atoms with Crippen molar-refractivity contribution in [2.45, 2.75) is 0 Å². The van der Waals surface area contributed by atoms with Crippen LogP contribution in [0.5, 0.6) is 0 Å². The molecule has 154 valence electrons. The summed E-state index contributed by atoms with van der Waals surface area (Å²) in [7, 11) is 1.87. The van der Waals surface area contributed by atoms with E-state index in [1.54, 1.807) is 21.6 Å². The minimum absolute atomic E-state index is 0.250. The van der Waals surface area contributed by atoms with Gasteiger partial charge in [-0.1, -0.05) is 24.8 Å². The molecule has 0 aliphatic carbocycles. The van der Waals surface area contributed by atoms with Gasteiger partial charge >= 0.3 is 0 Å². The fourth-order valence-electron chi connectivity index (χ4n) is 3.84. The number of nitriles is 1. The number of fused-ring (bicyclic) bond motifs is 2. The van der Waals surface area contributed by atoms with Crippen LogP contribution in [0, 0.1) is 11.3 Å². The lowest BCUT2D eigenvalue weighted by Crippen LogP contribution is -2.06. The van der Waals surface area contributed by atoms with Crippen LogP contribution in [0.4, 0.5) is 5.69 Å². The SMILES string of the molecule is C=CC(=O)Nc1ccc2cc(-c3cc(-c4cnn(C)c4)cn4ncc(C#N)c34)ccc2c1. The molecule has 2 aromatic carbocycles. The van der Waals surface area contributed by atoms with Crippen LogP contribution in [0.25, 0.3) is 38.5 Å². The first kappa shape index (κ1) is 19.3. The number of hydrogen-bond acceptors (Lipinski definition) is 4. The fraction of sp³-hybridized carbons (Fsp3) is 0.0400. The molecule has 0 radical (unpaired) electrons. The van der Waals surface area contributed by atoms with Crippen LogP contribution in [-0.4, -0.2) is 25.3 Å². The summed E-state index contributed by atoms with van der Waals surface area (Å²) in [5.41, 5.74) is 5.77. The Hall–Kier alpha value is -4.70. The molecule has 0 aliphatic rings. The van der Waals surface area contributed by atoms with Gasteiger partial charge in [-0.3, -0.25) is 9.48 Å². The van der Waals surface area contributed by atoms with Gasteiger partial charge in [-0.05, 0) is 46.7 Å². The molecule has 0 unspecified atom stereocenters. The van der Waals surface area contributed by atoms with E-state index in [-0.39, 0.29) is 5.91 Å². The van der Waals surface area contributed by atoms with E-state index in [9.17, 15) is 10.1 Å². The first-order valence-electron chi connectivity index (χ1n) is 9.94. The van der Waals surface area contributed by atoms with Gasteiger partial charge in [-0.15, -0.1) is 0 Å². The summed E-state index contributed by atoms with van der Waals surface area (Å²) in [6.07, 6.45) is 8.48. The number of amides is 1. The molecule has 3 heterocycles. The molecule has 5 aromatic rings. The zero-order chi connectivity index (χ0) is 22.2. The first-order chi connectivity index (χ1) is 15.6. The molecule has 32 heavy (non-hydrogen) atoms. The van der Waals surface area contributed by atoms with Crippen molar-refractivity contribution in [1.29, 1.82) is 5.26 Å². The number of aromatic nitrogens is 4. The molecule has 0 aliphatic heterocycles. The molecule has 0 atom stereocenters. The van der Waals surface area contributed by atoms with E-state index >= 15 is 0 Å². The summed E-state index contributed by atoms with van der Waals surface area (Å²) in [6.45, 7) is 3.48. The predicted molar refractivity (Wildman–Crippen MR) is 124 cm³/mol. The Kier molecular flexibility index (Phi) is 4.53. The summed E-state index contributed by atoms with van der Waals surface area (Å²) >= 11 is 0. The molecular weight excluding hydrogens is 400 g/mol. The molecule has 0 bridgehead atoms. The van der Waals surface area contributed by atoms with E-state index in [2.05, 4.69) is 40.3 Å². The quantitative estimate of drug-likeness (QED) is 0.434. The summed E-state index contributed by atoms with van der Waals surface area (Å²) in [5.74, 6) is -0.250. The summed E-state index contributed by atoms with van der Waals surface area (Å²) in [6, 6.07) is 16.1. The van der Waals surface area contributed by atoms with E-state index in [1.807, 2.05) is 49.8 Å². The number of benzene rings is 2. The Morgan fingerprint density at radius 2 is 1.84 bits per heavy atom. The number of pyridine rings is 1. The number of anilines is 1. The minimum atomic E-state index is -0.250. The minimum Gasteiger partial charge on any atom is -0.323 e. The molecule has 0 spiro atoms. The Morgan fingerprint density at radius 3 is 2.59 bits per heavy atom. The largest absolute Gasteiger partial charge is 0.323 e. The monoisotopic (exact) mass is 418 g/mol. The lowest BCUT2D eigenvalue weighted by Gasteiger charge is -2.10. The van der Waals surface area contributed by atoms with Gasteiger partial charge in [0.25, 0.3) is 0 Å². The maximum atomic E-state index is 11.6. The van der Waals surface area contributed by atoms with Crippen LogP contribution in [0.1, 0.15) is 5.56 Å². The average molecular weight is 418 g/mol. The fourth-order valence-corrected chi connectivity index (χ4v) is 3.84. The van der Waals surface area contributed by atoms with Crippen molar-refractivity contribution in [1.82, 2.24) is 19.4 Å². The van der Waals surface area contributed by atoms with E-state index in [4.69, 9.17) is 0 Å². The summed E-state index contributed by atoms with van der Waals surface area (Å²) < 4.78 is 3.50. The van der Waals surface area contributed by atoms with Crippen molar-refractivity contribution < 1.29 is 4.79 Å². The number of hydrogen-bond donors (Lipinski definition) is 1. The molecule has 0 fully saturated rings. The summed E-state index contributed by atoms with van der Waals surface area (Å²) in [5, 5.41) is 23.1. The van der Waals surface area contributed by atoms with Crippen LogP contribution < -0.4 is 5.32 Å². The van der Waals surface area contributed by atoms with Crippen molar-refractivity contribution in [2.24, 2.45) is 7.05 Å². The van der Waals surface area contributed by atoms with Crippen LogP contribution >= 0.6 is 0 Å². The molecule has 7 heteroatoms. The zero-order valence-electron chi connectivity index (χ0n) is 17.3. The second-order valence-electron chi connectivity index (χ2n) is 7.48. The first-order valence-corrected chi connectivity index (χ1v) is 9.94. The van der Waals surface area contributed by atoms with Crippen LogP contribution in [0.3, 0.4) is 0 Å². The third-order valence-electron chi connectivity index (χ3n) is 5.37. The van der Waals surface area contributed by atoms with Crippen LogP contribution in [0.2, 0.25) is 0 Å². The highest BCUT2D eigenvalue weighted by atomic mass is 16.1. The number of nitrogens with one attached hydrogen (secondary N) is 1. The third kappa shape index (κ3) is 3.30. The molecule has 5 rings (SSSR count). The van der Waals surface area contributed by atoms with Gasteiger partial charge in [0.15, 0.2) is 0 Å². The van der Waals surface area contributed by atoms with Gasteiger partial charge in [0.2, 0.25) is 5.91 Å². The Bertz CT molecular complexity index is 1570. The highest BCUT2D eigenvalue weighted by Gasteiger charge is 2.15. The van der Waals surface area contributed by atoms with E-state index in [1.165, 1.54) is 6.08 Å². The molecule has 3 aromatic heterocycles. The highest BCUT2D eigenvalue weighted by Crippen LogP contribution is 2.34. The van der Waals surface area contributed by atoms with Crippen molar-refractivity contribution in [3.05, 3.63) is 85.5 Å². The van der Waals surface area contributed by atoms with Crippen molar-refractivity contribution in [3.8, 4) is 28.3 Å². The molecule has 0 saturated carbocycles. The Labute approximate surface area is 183 Å². The highest BCUT2D eigenvalue weighted by molar-refractivity contribution is 6.01. The maximum absolute atomic E-state index is 11.6. The van der Waals surface area contributed by atoms with Gasteiger partial charge in [-0.2, -0.15) is 15.5 Å². The van der Waals surface area contributed by atoms with Crippen LogP contribution in [0.15, 0.2) is 79.9 Å². The smallest absolute Gasteiger partial charge is 0.247 e. The average Bonchev–Trinajstić information content (AvgIpc) is 3.44. The van der Waals surface area contributed by atoms with Crippen molar-refractivity contribution in [2.75, 3.05) is 5.32 Å². The van der Waals surface area contributed by atoms with E-state index in [0.717, 1.165) is 38.5 Å². The van der Waals surface area contributed by atoms with E-state index < -0.39 is 0 Å². The molecule has 0 saturated heterocycles. The zero-order valence-corrected chi connectivity index (χ0v) is 17.3. The molecule has 1 amide bonds. The van der Waals surface area contributed by atoms with Gasteiger partial charge < -0.3 is 5.32 Å². The molecular formula is C25H18N6O. The molecule has 7 nitrogen and oxygen atoms in total. The number of nitrogens with zero attached hydrogens (tertiary/aromatic N) is 5. The van der Waals surface area contributed by atoms with Gasteiger partial charge in [-0.25, -0.2) is 4.52 Å². The Balaban J connectivity index is 1.68. The molecule has 1 N–H and O–H groups in total.